The minimum absolute atomic E-state index is 0.137. The molecule has 1 aliphatic rings. The average molecular weight is 305 g/mol. The molecule has 0 spiro atoms. The van der Waals surface area contributed by atoms with Crippen molar-refractivity contribution >= 4 is 11.9 Å². The topological polar surface area (TPSA) is 60.5 Å². The van der Waals surface area contributed by atoms with Crippen LogP contribution in [0.15, 0.2) is 33.8 Å². The summed E-state index contributed by atoms with van der Waals surface area (Å²) in [5, 5.41) is 3.80. The lowest BCUT2D eigenvalue weighted by Gasteiger charge is -2.16. The Morgan fingerprint density at radius 1 is 1.32 bits per heavy atom. The van der Waals surface area contributed by atoms with E-state index < -0.39 is 11.5 Å². The Hall–Kier alpha value is -2.57. The lowest BCUT2D eigenvalue weighted by atomic mass is 10.0. The van der Waals surface area contributed by atoms with Crippen molar-refractivity contribution in [2.75, 3.05) is 7.11 Å². The molecular weight excluding hydrogens is 292 g/mol. The van der Waals surface area contributed by atoms with Crippen LogP contribution in [0.4, 0.5) is 8.78 Å². The SMILES string of the molecule is COc1cc(F)cc(-c2nc(C3=CCC(C)(F)C=N3)no2)c1. The number of rotatable bonds is 3. The molecule has 7 heteroatoms. The molecule has 22 heavy (non-hydrogen) atoms. The molecule has 0 saturated heterocycles. The van der Waals surface area contributed by atoms with E-state index in [0.717, 1.165) is 0 Å². The van der Waals surface area contributed by atoms with Gasteiger partial charge < -0.3 is 9.26 Å². The van der Waals surface area contributed by atoms with Gasteiger partial charge in [0, 0.05) is 24.3 Å². The zero-order valence-corrected chi connectivity index (χ0v) is 12.0. The smallest absolute Gasteiger partial charge is 0.258 e. The fraction of sp³-hybridized carbons (Fsp3) is 0.267. The number of aromatic nitrogens is 2. The van der Waals surface area contributed by atoms with Gasteiger partial charge in [0.15, 0.2) is 0 Å². The third-order valence-electron chi connectivity index (χ3n) is 3.18. The number of alkyl halides is 1. The van der Waals surface area contributed by atoms with Crippen molar-refractivity contribution in [2.24, 2.45) is 4.99 Å². The van der Waals surface area contributed by atoms with E-state index in [0.29, 0.717) is 17.0 Å². The summed E-state index contributed by atoms with van der Waals surface area (Å²) in [6.07, 6.45) is 2.99. The maximum Gasteiger partial charge on any atom is 0.258 e. The van der Waals surface area contributed by atoms with E-state index in [9.17, 15) is 8.78 Å². The van der Waals surface area contributed by atoms with Crippen LogP contribution in [-0.2, 0) is 0 Å². The van der Waals surface area contributed by atoms with E-state index in [1.807, 2.05) is 0 Å². The van der Waals surface area contributed by atoms with Gasteiger partial charge in [-0.25, -0.2) is 8.78 Å². The second-order valence-electron chi connectivity index (χ2n) is 5.13. The quantitative estimate of drug-likeness (QED) is 0.871. The molecule has 3 rings (SSSR count). The summed E-state index contributed by atoms with van der Waals surface area (Å²) in [6.45, 7) is 1.43. The summed E-state index contributed by atoms with van der Waals surface area (Å²) in [5.74, 6) is 0.234. The van der Waals surface area contributed by atoms with Gasteiger partial charge in [-0.05, 0) is 19.1 Å². The van der Waals surface area contributed by atoms with Crippen LogP contribution in [0.25, 0.3) is 17.2 Å². The molecule has 1 aromatic heterocycles. The van der Waals surface area contributed by atoms with Gasteiger partial charge in [0.2, 0.25) is 5.82 Å². The summed E-state index contributed by atoms with van der Waals surface area (Å²) in [4.78, 5) is 8.15. The van der Waals surface area contributed by atoms with E-state index >= 15 is 0 Å². The standard InChI is InChI=1S/C15H13F2N3O2/c1-15(17)4-3-12(18-8-15)13-19-14(22-20-13)9-5-10(16)7-11(6-9)21-2/h3,5-8H,4H2,1-2H3. The minimum Gasteiger partial charge on any atom is -0.497 e. The predicted octanol–water partition coefficient (Wildman–Crippen LogP) is 3.43. The monoisotopic (exact) mass is 305 g/mol. The first kappa shape index (κ1) is 14.4. The van der Waals surface area contributed by atoms with Gasteiger partial charge in [-0.2, -0.15) is 4.98 Å². The van der Waals surface area contributed by atoms with Crippen molar-refractivity contribution in [1.29, 1.82) is 0 Å². The maximum atomic E-state index is 13.6. The number of allylic oxidation sites excluding steroid dienone is 1. The highest BCUT2D eigenvalue weighted by Crippen LogP contribution is 2.28. The van der Waals surface area contributed by atoms with Crippen molar-refractivity contribution in [3.63, 3.8) is 0 Å². The van der Waals surface area contributed by atoms with Crippen molar-refractivity contribution in [3.05, 3.63) is 35.9 Å². The second kappa shape index (κ2) is 5.32. The lowest BCUT2D eigenvalue weighted by molar-refractivity contribution is 0.293. The Balaban J connectivity index is 1.90. The van der Waals surface area contributed by atoms with Gasteiger partial charge in [0.1, 0.15) is 22.9 Å². The zero-order valence-electron chi connectivity index (χ0n) is 12.0. The molecule has 2 heterocycles. The predicted molar refractivity (Wildman–Crippen MR) is 76.8 cm³/mol. The summed E-state index contributed by atoms with van der Waals surface area (Å²) >= 11 is 0. The van der Waals surface area contributed by atoms with Crippen LogP contribution < -0.4 is 4.74 Å². The van der Waals surface area contributed by atoms with E-state index in [4.69, 9.17) is 9.26 Å². The molecule has 0 aliphatic carbocycles. The zero-order chi connectivity index (χ0) is 15.7. The molecule has 1 aromatic carbocycles. The molecule has 0 radical (unpaired) electrons. The highest BCUT2D eigenvalue weighted by Gasteiger charge is 2.24. The van der Waals surface area contributed by atoms with E-state index in [-0.39, 0.29) is 18.1 Å². The molecule has 114 valence electrons. The van der Waals surface area contributed by atoms with Gasteiger partial charge in [-0.1, -0.05) is 11.2 Å². The fourth-order valence-electron chi connectivity index (χ4n) is 2.00. The van der Waals surface area contributed by atoms with E-state index in [2.05, 4.69) is 15.1 Å². The van der Waals surface area contributed by atoms with Crippen LogP contribution in [0.3, 0.4) is 0 Å². The second-order valence-corrected chi connectivity index (χ2v) is 5.13. The molecule has 0 fully saturated rings. The fourth-order valence-corrected chi connectivity index (χ4v) is 2.00. The minimum atomic E-state index is -1.47. The molecular formula is C15H13F2N3O2. The number of aliphatic imine (C=N–C) groups is 1. The number of hydrogen-bond acceptors (Lipinski definition) is 5. The molecule has 2 aromatic rings. The van der Waals surface area contributed by atoms with Crippen LogP contribution in [-0.4, -0.2) is 29.1 Å². The normalized spacial score (nSPS) is 20.8. The summed E-state index contributed by atoms with van der Waals surface area (Å²) in [6, 6.07) is 4.09. The number of ether oxygens (including phenoxy) is 1. The molecule has 0 saturated carbocycles. The average Bonchev–Trinajstić information content (AvgIpc) is 2.96. The first-order chi connectivity index (χ1) is 10.5. The molecule has 1 aliphatic heterocycles. The Kier molecular flexibility index (Phi) is 3.48. The molecule has 0 N–H and O–H groups in total. The number of benzene rings is 1. The number of hydrogen-bond donors (Lipinski definition) is 0. The molecule has 5 nitrogen and oxygen atoms in total. The van der Waals surface area contributed by atoms with E-state index in [1.165, 1.54) is 32.4 Å². The van der Waals surface area contributed by atoms with Gasteiger partial charge in [-0.3, -0.25) is 4.99 Å². The number of halogens is 2. The van der Waals surface area contributed by atoms with Crippen LogP contribution in [0.1, 0.15) is 19.2 Å². The van der Waals surface area contributed by atoms with Gasteiger partial charge in [0.05, 0.1) is 7.11 Å². The van der Waals surface area contributed by atoms with Crippen molar-refractivity contribution in [1.82, 2.24) is 10.1 Å². The number of nitrogens with zero attached hydrogens (tertiary/aromatic N) is 3. The van der Waals surface area contributed by atoms with E-state index in [1.54, 1.807) is 12.1 Å². The van der Waals surface area contributed by atoms with Gasteiger partial charge in [0.25, 0.3) is 5.89 Å². The Morgan fingerprint density at radius 3 is 2.82 bits per heavy atom. The van der Waals surface area contributed by atoms with Crippen LogP contribution in [0.2, 0.25) is 0 Å². The third-order valence-corrected chi connectivity index (χ3v) is 3.18. The van der Waals surface area contributed by atoms with Crippen LogP contribution in [0, 0.1) is 5.82 Å². The van der Waals surface area contributed by atoms with Crippen LogP contribution >= 0.6 is 0 Å². The first-order valence-corrected chi connectivity index (χ1v) is 6.60. The van der Waals surface area contributed by atoms with Crippen molar-refractivity contribution in [2.45, 2.75) is 19.0 Å². The highest BCUT2D eigenvalue weighted by atomic mass is 19.1. The first-order valence-electron chi connectivity index (χ1n) is 6.60. The molecule has 0 bridgehead atoms. The lowest BCUT2D eigenvalue weighted by Crippen LogP contribution is -2.21. The number of methoxy groups -OCH3 is 1. The molecule has 0 amide bonds. The van der Waals surface area contributed by atoms with Crippen LogP contribution in [0.5, 0.6) is 5.75 Å². The molecule has 1 atom stereocenters. The van der Waals surface area contributed by atoms with Gasteiger partial charge in [-0.15, -0.1) is 0 Å². The summed E-state index contributed by atoms with van der Waals surface area (Å²) < 4.78 is 37.3. The summed E-state index contributed by atoms with van der Waals surface area (Å²) in [7, 11) is 1.44. The molecule has 1 unspecified atom stereocenters. The Labute approximate surface area is 125 Å². The largest absolute Gasteiger partial charge is 0.497 e. The van der Waals surface area contributed by atoms with Gasteiger partial charge >= 0.3 is 0 Å². The van der Waals surface area contributed by atoms with Crippen molar-refractivity contribution in [3.8, 4) is 17.2 Å². The maximum absolute atomic E-state index is 13.6. The Morgan fingerprint density at radius 2 is 2.14 bits per heavy atom. The summed E-state index contributed by atoms with van der Waals surface area (Å²) in [5.41, 5.74) is -0.647. The van der Waals surface area contributed by atoms with Crippen molar-refractivity contribution < 1.29 is 18.0 Å². The Bertz CT molecular complexity index is 766. The highest BCUT2D eigenvalue weighted by molar-refractivity contribution is 5.80. The third kappa shape index (κ3) is 2.88.